The highest BCUT2D eigenvalue weighted by molar-refractivity contribution is 5.93. The maximum atomic E-state index is 10.8. The second-order valence-electron chi connectivity index (χ2n) is 10.6. The first-order valence-electron chi connectivity index (χ1n) is 13.1. The maximum absolute atomic E-state index is 10.8. The molecule has 1 atom stereocenters. The van der Waals surface area contributed by atoms with Crippen LogP contribution in [-0.2, 0) is 5.41 Å². The monoisotopic (exact) mass is 499 g/mol. The van der Waals surface area contributed by atoms with E-state index in [4.69, 9.17) is 0 Å². The Hall–Kier alpha value is -4.42. The lowest BCUT2D eigenvalue weighted by Crippen LogP contribution is -2.55. The lowest BCUT2D eigenvalue weighted by Gasteiger charge is -2.62. The number of benzene rings is 3. The summed E-state index contributed by atoms with van der Waals surface area (Å²) in [7, 11) is 0. The van der Waals surface area contributed by atoms with Crippen molar-refractivity contribution in [3.63, 3.8) is 0 Å². The highest BCUT2D eigenvalue weighted by Gasteiger charge is 2.57. The summed E-state index contributed by atoms with van der Waals surface area (Å²) in [5.74, 6) is 0.953. The highest BCUT2D eigenvalue weighted by Crippen LogP contribution is 2.65. The zero-order valence-electron chi connectivity index (χ0n) is 20.9. The molecule has 6 heteroatoms. The quantitative estimate of drug-likeness (QED) is 0.168. The minimum atomic E-state index is -0.819. The van der Waals surface area contributed by atoms with E-state index in [1.54, 1.807) is 12.4 Å². The van der Waals surface area contributed by atoms with E-state index in [2.05, 4.69) is 44.1 Å². The number of pyridine rings is 2. The van der Waals surface area contributed by atoms with Crippen molar-refractivity contribution in [2.45, 2.75) is 30.9 Å². The Morgan fingerprint density at radius 1 is 0.711 bits per heavy atom. The number of nitrogens with zero attached hydrogens (tertiary/aromatic N) is 2. The van der Waals surface area contributed by atoms with Gasteiger partial charge in [-0.2, -0.15) is 0 Å². The molecule has 0 spiro atoms. The van der Waals surface area contributed by atoms with E-state index in [0.717, 1.165) is 50.8 Å². The van der Waals surface area contributed by atoms with Crippen LogP contribution in [0, 0.1) is 5.92 Å². The van der Waals surface area contributed by atoms with Gasteiger partial charge in [-0.3, -0.25) is 9.97 Å². The fourth-order valence-electron chi connectivity index (χ4n) is 5.81. The molecule has 0 aliphatic heterocycles. The van der Waals surface area contributed by atoms with Crippen molar-refractivity contribution in [1.82, 2.24) is 9.97 Å². The number of hydrogen-bond acceptors (Lipinski definition) is 6. The van der Waals surface area contributed by atoms with Gasteiger partial charge in [-0.15, -0.1) is 0 Å². The molecule has 4 N–H and O–H groups in total. The van der Waals surface area contributed by atoms with Crippen molar-refractivity contribution < 1.29 is 5.11 Å². The van der Waals surface area contributed by atoms with Crippen molar-refractivity contribution >= 4 is 39.3 Å². The van der Waals surface area contributed by atoms with Crippen molar-refractivity contribution in [2.24, 2.45) is 5.92 Å². The van der Waals surface area contributed by atoms with Crippen LogP contribution in [0.1, 0.15) is 36.6 Å². The van der Waals surface area contributed by atoms with Gasteiger partial charge < -0.3 is 21.1 Å². The second-order valence-corrected chi connectivity index (χ2v) is 10.6. The molecule has 8 rings (SSSR count). The molecule has 3 aromatic carbocycles. The third-order valence-corrected chi connectivity index (χ3v) is 8.05. The van der Waals surface area contributed by atoms with Crippen LogP contribution in [0.5, 0.6) is 0 Å². The van der Waals surface area contributed by atoms with Gasteiger partial charge in [0.05, 0.1) is 5.52 Å². The number of aliphatic hydroxyl groups is 1. The van der Waals surface area contributed by atoms with Crippen LogP contribution in [0.2, 0.25) is 0 Å². The largest absolute Gasteiger partial charge is 0.369 e. The van der Waals surface area contributed by atoms with Crippen molar-refractivity contribution in [3.05, 3.63) is 115 Å². The summed E-state index contributed by atoms with van der Waals surface area (Å²) in [4.78, 5) is 8.61. The molecular weight excluding hydrogens is 470 g/mol. The van der Waals surface area contributed by atoms with Gasteiger partial charge in [0.2, 0.25) is 0 Å². The lowest BCUT2D eigenvalue weighted by atomic mass is 9.42. The van der Waals surface area contributed by atoms with Crippen LogP contribution < -0.4 is 16.0 Å². The molecule has 3 aliphatic rings. The Bertz CT molecular complexity index is 1570. The first kappa shape index (κ1) is 22.8. The Labute approximate surface area is 221 Å². The molecular formula is C32H29N5O. The van der Waals surface area contributed by atoms with E-state index in [0.29, 0.717) is 5.41 Å². The molecule has 0 radical (unpaired) electrons. The molecule has 2 bridgehead atoms. The van der Waals surface area contributed by atoms with Gasteiger partial charge in [0.1, 0.15) is 0 Å². The standard InChI is InChI=1S/C32H29N5O/c38-31(37-26-8-6-24(7-9-26)35-27-11-14-33-15-12-27)22-1-4-25(5-2-22)36-30-13-16-34-29-10-3-23(17-28(29)30)32-18-21(19-32)20-32/h1-17,21,31,37-38H,18-20H2,(H,33,35)(H,34,36). The van der Waals surface area contributed by atoms with Crippen molar-refractivity contribution in [1.29, 1.82) is 0 Å². The van der Waals surface area contributed by atoms with Crippen LogP contribution >= 0.6 is 0 Å². The van der Waals surface area contributed by atoms with Gasteiger partial charge in [-0.25, -0.2) is 0 Å². The van der Waals surface area contributed by atoms with E-state index in [-0.39, 0.29) is 0 Å². The van der Waals surface area contributed by atoms with Gasteiger partial charge in [0, 0.05) is 58.0 Å². The van der Waals surface area contributed by atoms with Crippen LogP contribution in [0.3, 0.4) is 0 Å². The third-order valence-electron chi connectivity index (χ3n) is 8.05. The zero-order valence-corrected chi connectivity index (χ0v) is 20.9. The van der Waals surface area contributed by atoms with Crippen molar-refractivity contribution in [2.75, 3.05) is 16.0 Å². The predicted octanol–water partition coefficient (Wildman–Crippen LogP) is 7.27. The number of anilines is 5. The third kappa shape index (κ3) is 4.23. The normalized spacial score (nSPS) is 20.2. The van der Waals surface area contributed by atoms with Crippen LogP contribution in [0.15, 0.2) is 104 Å². The van der Waals surface area contributed by atoms with Gasteiger partial charge in [0.25, 0.3) is 0 Å². The van der Waals surface area contributed by atoms with Crippen LogP contribution in [0.4, 0.5) is 28.4 Å². The number of aliphatic hydroxyl groups excluding tert-OH is 1. The fourth-order valence-corrected chi connectivity index (χ4v) is 5.81. The van der Waals surface area contributed by atoms with Crippen LogP contribution in [0.25, 0.3) is 10.9 Å². The average molecular weight is 500 g/mol. The van der Waals surface area contributed by atoms with E-state index in [1.165, 1.54) is 24.8 Å². The molecule has 6 nitrogen and oxygen atoms in total. The molecule has 3 aliphatic carbocycles. The Morgan fingerprint density at radius 2 is 1.37 bits per heavy atom. The highest BCUT2D eigenvalue weighted by atomic mass is 16.3. The smallest absolute Gasteiger partial charge is 0.150 e. The van der Waals surface area contributed by atoms with E-state index >= 15 is 0 Å². The molecule has 5 aromatic rings. The predicted molar refractivity (Wildman–Crippen MR) is 153 cm³/mol. The molecule has 38 heavy (non-hydrogen) atoms. The molecule has 188 valence electrons. The second kappa shape index (κ2) is 9.15. The summed E-state index contributed by atoms with van der Waals surface area (Å²) in [6.45, 7) is 0. The van der Waals surface area contributed by atoms with Crippen LogP contribution in [-0.4, -0.2) is 15.1 Å². The summed E-state index contributed by atoms with van der Waals surface area (Å²) in [5, 5.41) is 22.0. The Kier molecular flexibility index (Phi) is 5.48. The number of fused-ring (bicyclic) bond motifs is 1. The van der Waals surface area contributed by atoms with Gasteiger partial charge in [-0.05, 0) is 103 Å². The van der Waals surface area contributed by atoms with Gasteiger partial charge in [-0.1, -0.05) is 18.2 Å². The number of aromatic nitrogens is 2. The molecule has 1 unspecified atom stereocenters. The number of nitrogens with one attached hydrogen (secondary N) is 3. The number of hydrogen-bond donors (Lipinski definition) is 4. The number of rotatable bonds is 8. The Morgan fingerprint density at radius 3 is 2.08 bits per heavy atom. The molecule has 0 saturated heterocycles. The summed E-state index contributed by atoms with van der Waals surface area (Å²) in [6.07, 6.45) is 8.56. The van der Waals surface area contributed by atoms with Gasteiger partial charge in [0.15, 0.2) is 6.23 Å². The van der Waals surface area contributed by atoms with E-state index < -0.39 is 6.23 Å². The molecule has 3 saturated carbocycles. The molecule has 3 fully saturated rings. The summed E-state index contributed by atoms with van der Waals surface area (Å²) in [5.41, 5.74) is 8.47. The minimum Gasteiger partial charge on any atom is -0.369 e. The summed E-state index contributed by atoms with van der Waals surface area (Å²) in [6, 6.07) is 28.3. The van der Waals surface area contributed by atoms with Gasteiger partial charge >= 0.3 is 0 Å². The van der Waals surface area contributed by atoms with E-state index in [9.17, 15) is 5.11 Å². The zero-order chi connectivity index (χ0) is 25.5. The molecule has 2 aromatic heterocycles. The lowest BCUT2D eigenvalue weighted by molar-refractivity contribution is -0.0272. The minimum absolute atomic E-state index is 0.424. The summed E-state index contributed by atoms with van der Waals surface area (Å²) < 4.78 is 0. The van der Waals surface area contributed by atoms with Crippen molar-refractivity contribution in [3.8, 4) is 0 Å². The first-order chi connectivity index (χ1) is 18.6. The average Bonchev–Trinajstić information content (AvgIpc) is 2.89. The molecule has 0 amide bonds. The SMILES string of the molecule is OC(Nc1ccc(Nc2ccncc2)cc1)c1ccc(Nc2ccnc3ccc(C45CC(C4)C5)cc23)cc1. The Balaban J connectivity index is 1.02. The fraction of sp³-hybridized carbons (Fsp3) is 0.188. The summed E-state index contributed by atoms with van der Waals surface area (Å²) >= 11 is 0. The maximum Gasteiger partial charge on any atom is 0.150 e. The molecule has 2 heterocycles. The van der Waals surface area contributed by atoms with E-state index in [1.807, 2.05) is 72.9 Å². The first-order valence-corrected chi connectivity index (χ1v) is 13.1. The topological polar surface area (TPSA) is 82.1 Å².